The van der Waals surface area contributed by atoms with Crippen LogP contribution in [0.4, 0.5) is 0 Å². The molecule has 1 aromatic carbocycles. The summed E-state index contributed by atoms with van der Waals surface area (Å²) in [5.41, 5.74) is 0.395. The van der Waals surface area contributed by atoms with E-state index < -0.39 is 5.76 Å². The molecule has 2 aromatic rings. The first kappa shape index (κ1) is 8.25. The van der Waals surface area contributed by atoms with Crippen molar-refractivity contribution in [2.24, 2.45) is 0 Å². The summed E-state index contributed by atoms with van der Waals surface area (Å²) in [6.07, 6.45) is 1.19. The average molecular weight is 242 g/mol. The van der Waals surface area contributed by atoms with Gasteiger partial charge in [-0.1, -0.05) is 20.7 Å². The third kappa shape index (κ3) is 1.42. The maximum Gasteiger partial charge on any atom is 0.614 e. The minimum atomic E-state index is -0.911. The van der Waals surface area contributed by atoms with E-state index in [2.05, 4.69) is 15.9 Å². The molecule has 1 aromatic heterocycles. The molecule has 0 aliphatic carbocycles. The van der Waals surface area contributed by atoms with Gasteiger partial charge in [0.15, 0.2) is 11.8 Å². The van der Waals surface area contributed by atoms with Gasteiger partial charge in [0.25, 0.3) is 0 Å². The van der Waals surface area contributed by atoms with Crippen LogP contribution in [-0.2, 0) is 0 Å². The van der Waals surface area contributed by atoms with Crippen LogP contribution in [-0.4, -0.2) is 0 Å². The number of halogens is 1. The van der Waals surface area contributed by atoms with Gasteiger partial charge in [-0.3, -0.25) is 0 Å². The molecule has 0 amide bonds. The minimum absolute atomic E-state index is 0.163. The third-order valence-electron chi connectivity index (χ3n) is 1.61. The fourth-order valence-electron chi connectivity index (χ4n) is 1.02. The molecule has 0 radical (unpaired) electrons. The summed E-state index contributed by atoms with van der Waals surface area (Å²) < 4.78 is 5.70. The molecule has 0 spiro atoms. The van der Waals surface area contributed by atoms with Crippen LogP contribution >= 0.6 is 15.9 Å². The molecule has 0 aliphatic rings. The van der Waals surface area contributed by atoms with Gasteiger partial charge < -0.3 is 9.62 Å². The van der Waals surface area contributed by atoms with Gasteiger partial charge in [0.1, 0.15) is 0 Å². The van der Waals surface area contributed by atoms with Gasteiger partial charge in [-0.15, -0.1) is 0 Å². The monoisotopic (exact) mass is 241 g/mol. The number of rotatable bonds is 0. The normalized spacial score (nSPS) is 10.5. The molecule has 0 saturated heterocycles. The van der Waals surface area contributed by atoms with Crippen LogP contribution in [0, 0.1) is 5.21 Å². The number of aromatic nitrogens is 1. The second-order valence-corrected chi connectivity index (χ2v) is 3.42. The molecule has 0 N–H and O–H groups in total. The largest absolute Gasteiger partial charge is 0.614 e. The molecule has 2 rings (SSSR count). The Morgan fingerprint density at radius 3 is 3.00 bits per heavy atom. The Morgan fingerprint density at radius 1 is 1.46 bits per heavy atom. The summed E-state index contributed by atoms with van der Waals surface area (Å²) in [5, 5.41) is 11.4. The van der Waals surface area contributed by atoms with E-state index in [1.807, 2.05) is 0 Å². The molecule has 5 heteroatoms. The summed E-state index contributed by atoms with van der Waals surface area (Å²) in [5.74, 6) is -0.911. The van der Waals surface area contributed by atoms with E-state index in [9.17, 15) is 10.0 Å². The first-order valence-electron chi connectivity index (χ1n) is 3.49. The average Bonchev–Trinajstić information content (AvgIpc) is 2.08. The molecule has 1 heterocycles. The predicted molar refractivity (Wildman–Crippen MR) is 49.1 cm³/mol. The number of hydrogen-bond donors (Lipinski definition) is 0. The lowest BCUT2D eigenvalue weighted by Gasteiger charge is -1.96. The molecule has 0 unspecified atom stereocenters. The second-order valence-electron chi connectivity index (χ2n) is 2.51. The standard InChI is InChI=1S/C8H4BrNO3/c9-6-2-1-5-4-10(12)8(11)13-7(5)3-6/h1-4H. The third-order valence-corrected chi connectivity index (χ3v) is 2.10. The van der Waals surface area contributed by atoms with Crippen molar-refractivity contribution in [3.05, 3.63) is 44.6 Å². The Morgan fingerprint density at radius 2 is 2.23 bits per heavy atom. The van der Waals surface area contributed by atoms with Crippen molar-refractivity contribution < 1.29 is 9.15 Å². The van der Waals surface area contributed by atoms with Gasteiger partial charge in [0, 0.05) is 4.47 Å². The lowest BCUT2D eigenvalue weighted by molar-refractivity contribution is -0.632. The van der Waals surface area contributed by atoms with Crippen LogP contribution < -0.4 is 10.5 Å². The molecular formula is C8H4BrNO3. The topological polar surface area (TPSA) is 57.2 Å². The zero-order valence-corrected chi connectivity index (χ0v) is 7.95. The maximum absolute atomic E-state index is 10.8. The lowest BCUT2D eigenvalue weighted by atomic mass is 10.3. The molecule has 0 aliphatic heterocycles. The van der Waals surface area contributed by atoms with E-state index in [1.54, 1.807) is 18.2 Å². The smallest absolute Gasteiger partial charge is 0.613 e. The van der Waals surface area contributed by atoms with Gasteiger partial charge in [-0.2, -0.15) is 4.79 Å². The Hall–Kier alpha value is -1.36. The summed E-state index contributed by atoms with van der Waals surface area (Å²) in [7, 11) is 0. The second kappa shape index (κ2) is 2.85. The van der Waals surface area contributed by atoms with Crippen molar-refractivity contribution in [1.82, 2.24) is 0 Å². The molecule has 4 nitrogen and oxygen atoms in total. The first-order chi connectivity index (χ1) is 6.16. The SMILES string of the molecule is O=c1oc2cc(Br)ccc2c[n+]1[O-]. The summed E-state index contributed by atoms with van der Waals surface area (Å²) in [6, 6.07) is 5.09. The molecule has 0 saturated carbocycles. The van der Waals surface area contributed by atoms with Crippen LogP contribution in [0.1, 0.15) is 0 Å². The van der Waals surface area contributed by atoms with Crippen molar-refractivity contribution in [3.8, 4) is 0 Å². The van der Waals surface area contributed by atoms with Gasteiger partial charge in [-0.25, -0.2) is 0 Å². The van der Waals surface area contributed by atoms with Crippen LogP contribution in [0.5, 0.6) is 0 Å². The van der Waals surface area contributed by atoms with Crippen molar-refractivity contribution in [2.75, 3.05) is 0 Å². The fraction of sp³-hybridized carbons (Fsp3) is 0. The number of hydrogen-bond acceptors (Lipinski definition) is 3. The van der Waals surface area contributed by atoms with E-state index in [1.165, 1.54) is 6.20 Å². The Labute approximate surface area is 81.1 Å². The van der Waals surface area contributed by atoms with E-state index in [-0.39, 0.29) is 4.73 Å². The van der Waals surface area contributed by atoms with Gasteiger partial charge in [0.2, 0.25) is 0 Å². The highest BCUT2D eigenvalue weighted by Gasteiger charge is 2.05. The van der Waals surface area contributed by atoms with Crippen molar-refractivity contribution in [2.45, 2.75) is 0 Å². The van der Waals surface area contributed by atoms with Crippen LogP contribution in [0.2, 0.25) is 0 Å². The van der Waals surface area contributed by atoms with Gasteiger partial charge >= 0.3 is 5.76 Å². The molecule has 0 atom stereocenters. The quantitative estimate of drug-likeness (QED) is 0.515. The van der Waals surface area contributed by atoms with Gasteiger partial charge in [-0.05, 0) is 18.2 Å². The summed E-state index contributed by atoms with van der Waals surface area (Å²) in [6.45, 7) is 0. The van der Waals surface area contributed by atoms with E-state index in [0.29, 0.717) is 11.0 Å². The van der Waals surface area contributed by atoms with E-state index in [0.717, 1.165) is 4.47 Å². The molecule has 13 heavy (non-hydrogen) atoms. The van der Waals surface area contributed by atoms with Crippen molar-refractivity contribution in [1.29, 1.82) is 0 Å². The fourth-order valence-corrected chi connectivity index (χ4v) is 1.36. The summed E-state index contributed by atoms with van der Waals surface area (Å²) >= 11 is 3.23. The highest BCUT2D eigenvalue weighted by molar-refractivity contribution is 9.10. The Kier molecular flexibility index (Phi) is 1.81. The van der Waals surface area contributed by atoms with Crippen LogP contribution in [0.3, 0.4) is 0 Å². The zero-order chi connectivity index (χ0) is 9.42. The minimum Gasteiger partial charge on any atom is -0.613 e. The number of nitrogens with zero attached hydrogens (tertiary/aromatic N) is 1. The molecular weight excluding hydrogens is 238 g/mol. The Bertz CT molecular complexity index is 520. The van der Waals surface area contributed by atoms with E-state index in [4.69, 9.17) is 4.42 Å². The number of benzene rings is 1. The van der Waals surface area contributed by atoms with E-state index >= 15 is 0 Å². The van der Waals surface area contributed by atoms with Crippen LogP contribution in [0.25, 0.3) is 11.0 Å². The first-order valence-corrected chi connectivity index (χ1v) is 4.29. The zero-order valence-electron chi connectivity index (χ0n) is 6.36. The Balaban J connectivity index is 2.89. The van der Waals surface area contributed by atoms with Crippen LogP contribution in [0.15, 0.2) is 38.1 Å². The van der Waals surface area contributed by atoms with Gasteiger partial charge in [0.05, 0.1) is 5.39 Å². The maximum atomic E-state index is 10.8. The molecule has 0 bridgehead atoms. The summed E-state index contributed by atoms with van der Waals surface area (Å²) in [4.78, 5) is 10.8. The predicted octanol–water partition coefficient (Wildman–Crippen LogP) is 1.19. The molecule has 66 valence electrons. The van der Waals surface area contributed by atoms with Crippen molar-refractivity contribution >= 4 is 26.9 Å². The highest BCUT2D eigenvalue weighted by atomic mass is 79.9. The van der Waals surface area contributed by atoms with Crippen molar-refractivity contribution in [3.63, 3.8) is 0 Å². The lowest BCUT2D eigenvalue weighted by Crippen LogP contribution is -2.43. The number of fused-ring (bicyclic) bond motifs is 1. The molecule has 0 fully saturated rings. The highest BCUT2D eigenvalue weighted by Crippen LogP contribution is 2.16.